The number of carbonyl (C=O) groups is 1. The molecular formula is C17H29N3O3. The molecule has 0 bridgehead atoms. The minimum atomic E-state index is -0.265. The van der Waals surface area contributed by atoms with Crippen molar-refractivity contribution in [1.82, 2.24) is 14.8 Å². The third-order valence-corrected chi connectivity index (χ3v) is 4.48. The Kier molecular flexibility index (Phi) is 5.47. The van der Waals surface area contributed by atoms with Crippen LogP contribution < -0.4 is 0 Å². The van der Waals surface area contributed by atoms with E-state index in [4.69, 9.17) is 4.42 Å². The van der Waals surface area contributed by atoms with Crippen molar-refractivity contribution in [1.29, 1.82) is 0 Å². The smallest absolute Gasteiger partial charge is 0.236 e. The number of likely N-dealkylation sites (N-methyl/N-ethyl adjacent to an activating group) is 1. The van der Waals surface area contributed by atoms with Gasteiger partial charge in [0.1, 0.15) is 5.76 Å². The van der Waals surface area contributed by atoms with Gasteiger partial charge in [0, 0.05) is 18.5 Å². The SMILES string of the molecule is C[C@@H](c1ncc(C(C)(C)C)o1)N(C)CC(=O)N1CCC(O)CC1. The third kappa shape index (κ3) is 4.54. The molecule has 1 fully saturated rings. The van der Waals surface area contributed by atoms with Crippen LogP contribution >= 0.6 is 0 Å². The van der Waals surface area contributed by atoms with Crippen molar-refractivity contribution in [2.24, 2.45) is 0 Å². The molecule has 1 amide bonds. The molecule has 1 aromatic rings. The van der Waals surface area contributed by atoms with Gasteiger partial charge in [0.15, 0.2) is 0 Å². The number of hydrogen-bond donors (Lipinski definition) is 1. The van der Waals surface area contributed by atoms with Crippen LogP contribution in [0, 0.1) is 0 Å². The number of rotatable bonds is 4. The van der Waals surface area contributed by atoms with Crippen LogP contribution in [-0.4, -0.2) is 58.6 Å². The number of likely N-dealkylation sites (tertiary alicyclic amines) is 1. The number of nitrogens with zero attached hydrogens (tertiary/aromatic N) is 3. The number of oxazole rings is 1. The summed E-state index contributed by atoms with van der Waals surface area (Å²) in [5, 5.41) is 9.53. The molecule has 1 aliphatic heterocycles. The van der Waals surface area contributed by atoms with Crippen molar-refractivity contribution < 1.29 is 14.3 Å². The Morgan fingerprint density at radius 1 is 1.48 bits per heavy atom. The normalized spacial score (nSPS) is 18.5. The topological polar surface area (TPSA) is 69.8 Å². The number of amides is 1. The zero-order chi connectivity index (χ0) is 17.2. The van der Waals surface area contributed by atoms with Crippen LogP contribution in [0.2, 0.25) is 0 Å². The number of piperidine rings is 1. The molecule has 23 heavy (non-hydrogen) atoms. The van der Waals surface area contributed by atoms with Gasteiger partial charge in [-0.05, 0) is 26.8 Å². The predicted octanol–water partition coefficient (Wildman–Crippen LogP) is 1.95. The molecule has 1 aliphatic rings. The fourth-order valence-corrected chi connectivity index (χ4v) is 2.58. The Balaban J connectivity index is 1.93. The number of aromatic nitrogens is 1. The summed E-state index contributed by atoms with van der Waals surface area (Å²) in [6.45, 7) is 9.83. The summed E-state index contributed by atoms with van der Waals surface area (Å²) >= 11 is 0. The lowest BCUT2D eigenvalue weighted by Gasteiger charge is -2.31. The largest absolute Gasteiger partial charge is 0.443 e. The summed E-state index contributed by atoms with van der Waals surface area (Å²) in [5.74, 6) is 1.58. The molecule has 1 N–H and O–H groups in total. The maximum absolute atomic E-state index is 12.4. The number of carbonyl (C=O) groups excluding carboxylic acids is 1. The quantitative estimate of drug-likeness (QED) is 0.917. The summed E-state index contributed by atoms with van der Waals surface area (Å²) in [5.41, 5.74) is -0.0754. The second-order valence-corrected chi connectivity index (χ2v) is 7.52. The molecule has 2 rings (SSSR count). The standard InChI is InChI=1S/C17H29N3O3/c1-12(16-18-10-14(23-16)17(2,3)4)19(5)11-15(22)20-8-6-13(21)7-9-20/h10,12-13,21H,6-9,11H2,1-5H3/t12-/m0/s1. The lowest BCUT2D eigenvalue weighted by molar-refractivity contribution is -0.134. The van der Waals surface area contributed by atoms with Crippen molar-refractivity contribution in [3.8, 4) is 0 Å². The maximum atomic E-state index is 12.4. The van der Waals surface area contributed by atoms with Crippen molar-refractivity contribution in [3.05, 3.63) is 17.8 Å². The van der Waals surface area contributed by atoms with E-state index in [-0.39, 0.29) is 23.5 Å². The van der Waals surface area contributed by atoms with Crippen LogP contribution in [-0.2, 0) is 10.2 Å². The van der Waals surface area contributed by atoms with E-state index >= 15 is 0 Å². The van der Waals surface area contributed by atoms with Gasteiger partial charge in [-0.2, -0.15) is 0 Å². The molecule has 2 heterocycles. The van der Waals surface area contributed by atoms with Crippen LogP contribution in [0.1, 0.15) is 58.2 Å². The lowest BCUT2D eigenvalue weighted by Crippen LogP contribution is -2.44. The van der Waals surface area contributed by atoms with E-state index in [0.717, 1.165) is 5.76 Å². The zero-order valence-corrected chi connectivity index (χ0v) is 14.9. The van der Waals surface area contributed by atoms with E-state index in [1.54, 1.807) is 6.20 Å². The van der Waals surface area contributed by atoms with Gasteiger partial charge < -0.3 is 14.4 Å². The average Bonchev–Trinajstić information content (AvgIpc) is 2.96. The fourth-order valence-electron chi connectivity index (χ4n) is 2.58. The molecule has 0 saturated carbocycles. The first-order valence-corrected chi connectivity index (χ1v) is 8.30. The molecule has 6 heteroatoms. The van der Waals surface area contributed by atoms with Gasteiger partial charge in [-0.15, -0.1) is 0 Å². The Morgan fingerprint density at radius 3 is 2.61 bits per heavy atom. The lowest BCUT2D eigenvalue weighted by atomic mass is 9.94. The molecule has 0 aliphatic carbocycles. The highest BCUT2D eigenvalue weighted by Crippen LogP contribution is 2.26. The highest BCUT2D eigenvalue weighted by Gasteiger charge is 2.26. The van der Waals surface area contributed by atoms with E-state index in [1.165, 1.54) is 0 Å². The predicted molar refractivity (Wildman–Crippen MR) is 88.1 cm³/mol. The summed E-state index contributed by atoms with van der Waals surface area (Å²) in [6, 6.07) is -0.0644. The van der Waals surface area contributed by atoms with Gasteiger partial charge in [0.05, 0.1) is 24.9 Å². The van der Waals surface area contributed by atoms with E-state index in [0.29, 0.717) is 38.4 Å². The molecule has 6 nitrogen and oxygen atoms in total. The van der Waals surface area contributed by atoms with Crippen LogP contribution in [0.5, 0.6) is 0 Å². The molecule has 130 valence electrons. The van der Waals surface area contributed by atoms with Crippen molar-refractivity contribution in [2.75, 3.05) is 26.7 Å². The summed E-state index contributed by atoms with van der Waals surface area (Å²) < 4.78 is 5.86. The molecule has 0 aromatic carbocycles. The first kappa shape index (κ1) is 17.9. The molecule has 1 saturated heterocycles. The van der Waals surface area contributed by atoms with Gasteiger partial charge in [-0.3, -0.25) is 9.69 Å². The molecule has 0 spiro atoms. The van der Waals surface area contributed by atoms with E-state index < -0.39 is 0 Å². The van der Waals surface area contributed by atoms with Gasteiger partial charge in [0.2, 0.25) is 11.8 Å². The average molecular weight is 323 g/mol. The Hall–Kier alpha value is -1.40. The number of aliphatic hydroxyl groups excluding tert-OH is 1. The Labute approximate surface area is 138 Å². The van der Waals surface area contributed by atoms with Gasteiger partial charge in [0.25, 0.3) is 0 Å². The second-order valence-electron chi connectivity index (χ2n) is 7.52. The summed E-state index contributed by atoms with van der Waals surface area (Å²) in [7, 11) is 1.91. The summed E-state index contributed by atoms with van der Waals surface area (Å²) in [4.78, 5) is 20.5. The highest BCUT2D eigenvalue weighted by molar-refractivity contribution is 5.78. The van der Waals surface area contributed by atoms with Crippen molar-refractivity contribution in [3.63, 3.8) is 0 Å². The monoisotopic (exact) mass is 323 g/mol. The first-order chi connectivity index (χ1) is 10.7. The van der Waals surface area contributed by atoms with Crippen LogP contribution in [0.25, 0.3) is 0 Å². The van der Waals surface area contributed by atoms with Gasteiger partial charge >= 0.3 is 0 Å². The molecule has 1 atom stereocenters. The van der Waals surface area contributed by atoms with Crippen molar-refractivity contribution >= 4 is 5.91 Å². The van der Waals surface area contributed by atoms with Crippen LogP contribution in [0.4, 0.5) is 0 Å². The minimum Gasteiger partial charge on any atom is -0.443 e. The fraction of sp³-hybridized carbons (Fsp3) is 0.765. The third-order valence-electron chi connectivity index (χ3n) is 4.48. The molecule has 1 aromatic heterocycles. The highest BCUT2D eigenvalue weighted by atomic mass is 16.4. The second kappa shape index (κ2) is 7.01. The first-order valence-electron chi connectivity index (χ1n) is 8.30. The van der Waals surface area contributed by atoms with Gasteiger partial charge in [-0.1, -0.05) is 20.8 Å². The molecular weight excluding hydrogens is 294 g/mol. The number of hydrogen-bond acceptors (Lipinski definition) is 5. The van der Waals surface area contributed by atoms with E-state index in [9.17, 15) is 9.90 Å². The van der Waals surface area contributed by atoms with Crippen LogP contribution in [0.3, 0.4) is 0 Å². The van der Waals surface area contributed by atoms with Crippen LogP contribution in [0.15, 0.2) is 10.6 Å². The molecule has 0 unspecified atom stereocenters. The van der Waals surface area contributed by atoms with Gasteiger partial charge in [-0.25, -0.2) is 4.98 Å². The maximum Gasteiger partial charge on any atom is 0.236 e. The summed E-state index contributed by atoms with van der Waals surface area (Å²) in [6.07, 6.45) is 2.84. The Bertz CT molecular complexity index is 527. The van der Waals surface area contributed by atoms with E-state index in [2.05, 4.69) is 25.8 Å². The Morgan fingerprint density at radius 2 is 2.09 bits per heavy atom. The zero-order valence-electron chi connectivity index (χ0n) is 14.9. The minimum absolute atomic E-state index is 0.0644. The van der Waals surface area contributed by atoms with E-state index in [1.807, 2.05) is 23.8 Å². The molecule has 0 radical (unpaired) electrons. The van der Waals surface area contributed by atoms with Crippen molar-refractivity contribution in [2.45, 2.75) is 58.1 Å². The number of aliphatic hydroxyl groups is 1.